The molecule has 0 saturated heterocycles. The SMILES string of the molecule is C[C@@H](Nc1nc(C#CC2CC(F)(F)C2)nc(N[C@H](C)C(F)(F)F)n1)C(F)(F)F. The van der Waals surface area contributed by atoms with Crippen LogP contribution in [0.5, 0.6) is 0 Å². The molecule has 1 saturated carbocycles. The fourth-order valence-electron chi connectivity index (χ4n) is 2.04. The van der Waals surface area contributed by atoms with Crippen LogP contribution in [0.25, 0.3) is 0 Å². The molecular weight excluding hydrogens is 402 g/mol. The maximum Gasteiger partial charge on any atom is 0.408 e. The summed E-state index contributed by atoms with van der Waals surface area (Å²) in [5.41, 5.74) is 0. The van der Waals surface area contributed by atoms with Crippen LogP contribution in [0.4, 0.5) is 47.0 Å². The van der Waals surface area contributed by atoms with Crippen LogP contribution in [-0.4, -0.2) is 45.3 Å². The summed E-state index contributed by atoms with van der Waals surface area (Å²) in [5.74, 6) is -0.515. The summed E-state index contributed by atoms with van der Waals surface area (Å²) in [4.78, 5) is 10.7. The maximum atomic E-state index is 12.8. The van der Waals surface area contributed by atoms with Crippen molar-refractivity contribution < 1.29 is 35.1 Å². The highest BCUT2D eigenvalue weighted by molar-refractivity contribution is 5.40. The van der Waals surface area contributed by atoms with Crippen molar-refractivity contribution in [2.75, 3.05) is 10.6 Å². The Morgan fingerprint density at radius 2 is 1.32 bits per heavy atom. The van der Waals surface area contributed by atoms with Gasteiger partial charge in [-0.1, -0.05) is 5.92 Å². The summed E-state index contributed by atoms with van der Waals surface area (Å²) in [6.45, 7) is 1.52. The molecule has 0 radical (unpaired) electrons. The lowest BCUT2D eigenvalue weighted by atomic mass is 9.82. The number of hydrogen-bond acceptors (Lipinski definition) is 5. The first-order valence-electron chi connectivity index (χ1n) is 7.98. The van der Waals surface area contributed by atoms with E-state index in [4.69, 9.17) is 0 Å². The third-order valence-corrected chi connectivity index (χ3v) is 3.79. The topological polar surface area (TPSA) is 62.7 Å². The van der Waals surface area contributed by atoms with Gasteiger partial charge in [0.2, 0.25) is 17.7 Å². The Kier molecular flexibility index (Phi) is 5.91. The van der Waals surface area contributed by atoms with E-state index < -0.39 is 66.8 Å². The molecule has 28 heavy (non-hydrogen) atoms. The largest absolute Gasteiger partial charge is 0.408 e. The van der Waals surface area contributed by atoms with Crippen LogP contribution in [0.15, 0.2) is 0 Å². The van der Waals surface area contributed by atoms with E-state index in [0.29, 0.717) is 0 Å². The zero-order chi connectivity index (χ0) is 21.3. The number of hydrogen-bond donors (Lipinski definition) is 2. The van der Waals surface area contributed by atoms with Gasteiger partial charge in [-0.15, -0.1) is 0 Å². The second-order valence-electron chi connectivity index (χ2n) is 6.35. The van der Waals surface area contributed by atoms with Gasteiger partial charge in [-0.05, 0) is 19.8 Å². The van der Waals surface area contributed by atoms with E-state index in [-0.39, 0.29) is 0 Å². The Labute approximate surface area is 154 Å². The molecule has 2 atom stereocenters. The first-order valence-corrected chi connectivity index (χ1v) is 7.98. The third-order valence-electron chi connectivity index (χ3n) is 3.79. The molecule has 1 aliphatic carbocycles. The number of anilines is 2. The maximum absolute atomic E-state index is 12.8. The van der Waals surface area contributed by atoms with Crippen molar-refractivity contribution in [1.82, 2.24) is 15.0 Å². The first-order chi connectivity index (χ1) is 12.7. The van der Waals surface area contributed by atoms with Crippen molar-refractivity contribution in [3.8, 4) is 11.8 Å². The molecule has 156 valence electrons. The zero-order valence-corrected chi connectivity index (χ0v) is 14.5. The van der Waals surface area contributed by atoms with Crippen molar-refractivity contribution >= 4 is 11.9 Å². The van der Waals surface area contributed by atoms with Crippen LogP contribution >= 0.6 is 0 Å². The highest BCUT2D eigenvalue weighted by atomic mass is 19.4. The van der Waals surface area contributed by atoms with E-state index in [1.165, 1.54) is 0 Å². The molecule has 1 heterocycles. The quantitative estimate of drug-likeness (QED) is 0.573. The van der Waals surface area contributed by atoms with Crippen LogP contribution in [-0.2, 0) is 0 Å². The van der Waals surface area contributed by atoms with Gasteiger partial charge in [-0.25, -0.2) is 8.78 Å². The van der Waals surface area contributed by atoms with Gasteiger partial charge < -0.3 is 10.6 Å². The Balaban J connectivity index is 2.26. The van der Waals surface area contributed by atoms with Gasteiger partial charge in [-0.3, -0.25) is 0 Å². The van der Waals surface area contributed by atoms with Crippen molar-refractivity contribution in [2.45, 2.75) is 57.0 Å². The molecule has 0 spiro atoms. The molecule has 0 aliphatic heterocycles. The number of nitrogens with zero attached hydrogens (tertiary/aromatic N) is 3. The van der Waals surface area contributed by atoms with E-state index in [2.05, 4.69) is 26.8 Å². The summed E-state index contributed by atoms with van der Waals surface area (Å²) in [6, 6.07) is -4.21. The number of aromatic nitrogens is 3. The van der Waals surface area contributed by atoms with E-state index in [1.54, 1.807) is 0 Å². The minimum atomic E-state index is -4.66. The number of halogens is 8. The van der Waals surface area contributed by atoms with Crippen LogP contribution in [0, 0.1) is 17.8 Å². The molecule has 0 aromatic carbocycles. The molecule has 1 fully saturated rings. The Hall–Kier alpha value is -2.39. The van der Waals surface area contributed by atoms with Gasteiger partial charge in [0.15, 0.2) is 0 Å². The fraction of sp³-hybridized carbons (Fsp3) is 0.667. The van der Waals surface area contributed by atoms with Crippen LogP contribution in [0.1, 0.15) is 32.5 Å². The molecule has 1 aliphatic rings. The minimum Gasteiger partial charge on any atom is -0.343 e. The van der Waals surface area contributed by atoms with E-state index >= 15 is 0 Å². The van der Waals surface area contributed by atoms with E-state index in [1.807, 2.05) is 10.6 Å². The molecule has 0 unspecified atom stereocenters. The average Bonchev–Trinajstić information content (AvgIpc) is 2.48. The van der Waals surface area contributed by atoms with E-state index in [0.717, 1.165) is 13.8 Å². The predicted octanol–water partition coefficient (Wildman–Crippen LogP) is 3.99. The van der Waals surface area contributed by atoms with Crippen LogP contribution in [0.2, 0.25) is 0 Å². The van der Waals surface area contributed by atoms with Gasteiger partial charge in [-0.2, -0.15) is 41.3 Å². The van der Waals surface area contributed by atoms with Crippen molar-refractivity contribution in [1.29, 1.82) is 0 Å². The highest BCUT2D eigenvalue weighted by Gasteiger charge is 2.44. The Bertz CT molecular complexity index is 716. The number of alkyl halides is 8. The first kappa shape index (κ1) is 21.9. The average molecular weight is 417 g/mol. The summed E-state index contributed by atoms with van der Waals surface area (Å²) >= 11 is 0. The number of rotatable bonds is 4. The van der Waals surface area contributed by atoms with E-state index in [9.17, 15) is 35.1 Å². The Morgan fingerprint density at radius 1 is 0.893 bits per heavy atom. The van der Waals surface area contributed by atoms with Crippen LogP contribution < -0.4 is 10.6 Å². The van der Waals surface area contributed by atoms with Gasteiger partial charge >= 0.3 is 12.4 Å². The number of nitrogens with one attached hydrogen (secondary N) is 2. The summed E-state index contributed by atoms with van der Waals surface area (Å²) in [7, 11) is 0. The molecule has 0 amide bonds. The van der Waals surface area contributed by atoms with Gasteiger partial charge in [0, 0.05) is 18.8 Å². The molecular formula is C15H15F8N5. The molecule has 1 aromatic heterocycles. The highest BCUT2D eigenvalue weighted by Crippen LogP contribution is 2.41. The van der Waals surface area contributed by atoms with Gasteiger partial charge in [0.25, 0.3) is 5.92 Å². The minimum absolute atomic E-state index is 0.445. The monoisotopic (exact) mass is 417 g/mol. The van der Waals surface area contributed by atoms with Crippen molar-refractivity contribution in [2.24, 2.45) is 5.92 Å². The molecule has 2 N–H and O–H groups in total. The molecule has 1 aromatic rings. The summed E-state index contributed by atoms with van der Waals surface area (Å²) in [6.07, 6.45) is -10.3. The molecule has 5 nitrogen and oxygen atoms in total. The molecule has 2 rings (SSSR count). The zero-order valence-electron chi connectivity index (χ0n) is 14.5. The normalized spacial score (nSPS) is 19.1. The van der Waals surface area contributed by atoms with Crippen molar-refractivity contribution in [3.05, 3.63) is 5.82 Å². The summed E-state index contributed by atoms with van der Waals surface area (Å²) < 4.78 is 102. The third kappa shape index (κ3) is 6.07. The lowest BCUT2D eigenvalue weighted by molar-refractivity contribution is -0.139. The second-order valence-corrected chi connectivity index (χ2v) is 6.35. The standard InChI is InChI=1S/C15H15F8N5/c1-7(14(18,19)20)24-11-26-10(4-3-9-5-13(16,17)6-9)27-12(28-11)25-8(2)15(21,22)23/h7-9H,5-6H2,1-2H3,(H2,24,25,26,27,28)/t7-,8-/m1/s1. The second kappa shape index (κ2) is 7.56. The lowest BCUT2D eigenvalue weighted by Crippen LogP contribution is -2.35. The summed E-state index contributed by atoms with van der Waals surface area (Å²) in [5, 5.41) is 3.81. The lowest BCUT2D eigenvalue weighted by Gasteiger charge is -2.31. The smallest absolute Gasteiger partial charge is 0.343 e. The van der Waals surface area contributed by atoms with Gasteiger partial charge in [0.1, 0.15) is 12.1 Å². The van der Waals surface area contributed by atoms with Crippen LogP contribution in [0.3, 0.4) is 0 Å². The Morgan fingerprint density at radius 3 is 1.68 bits per heavy atom. The van der Waals surface area contributed by atoms with Gasteiger partial charge in [0.05, 0.1) is 0 Å². The van der Waals surface area contributed by atoms with Crippen molar-refractivity contribution in [3.63, 3.8) is 0 Å². The fourth-order valence-corrected chi connectivity index (χ4v) is 2.04. The molecule has 0 bridgehead atoms. The predicted molar refractivity (Wildman–Crippen MR) is 82.7 cm³/mol. The molecule has 13 heteroatoms.